The van der Waals surface area contributed by atoms with Gasteiger partial charge < -0.3 is 10.5 Å². The third kappa shape index (κ3) is 4.34. The van der Waals surface area contributed by atoms with Crippen molar-refractivity contribution in [3.05, 3.63) is 93.7 Å². The summed E-state index contributed by atoms with van der Waals surface area (Å²) in [6.07, 6.45) is 1.74. The lowest BCUT2D eigenvalue weighted by Crippen LogP contribution is -2.40. The topological polar surface area (TPSA) is 98.1 Å². The number of allylic oxidation sites excluding steroid dienone is 1. The van der Waals surface area contributed by atoms with Crippen molar-refractivity contribution in [2.45, 2.75) is 12.8 Å². The number of carbonyl (C=O) groups excluding carboxylic acids is 1. The molecule has 33 heavy (non-hydrogen) atoms. The van der Waals surface area contributed by atoms with E-state index in [1.807, 2.05) is 48.5 Å². The van der Waals surface area contributed by atoms with Gasteiger partial charge in [-0.1, -0.05) is 56.1 Å². The normalized spacial score (nSPS) is 15.9. The predicted octanol–water partition coefficient (Wildman–Crippen LogP) is 3.43. The number of rotatable bonds is 4. The fourth-order valence-electron chi connectivity index (χ4n) is 3.72. The summed E-state index contributed by atoms with van der Waals surface area (Å²) in [6, 6.07) is 16.9. The Morgan fingerprint density at radius 1 is 1.24 bits per heavy atom. The number of hydrogen-bond acceptors (Lipinski definition) is 6. The van der Waals surface area contributed by atoms with Crippen LogP contribution in [0.25, 0.3) is 17.5 Å². The molecule has 166 valence electrons. The van der Waals surface area contributed by atoms with Gasteiger partial charge in [0.15, 0.2) is 0 Å². The highest BCUT2D eigenvalue weighted by Crippen LogP contribution is 2.37. The molecule has 1 aromatic heterocycles. The molecule has 1 aliphatic heterocycles. The van der Waals surface area contributed by atoms with Gasteiger partial charge in [-0.2, -0.15) is 5.26 Å². The molecule has 0 unspecified atom stereocenters. The van der Waals surface area contributed by atoms with Crippen LogP contribution in [0.15, 0.2) is 67.8 Å². The van der Waals surface area contributed by atoms with Crippen LogP contribution < -0.4 is 20.5 Å². The second kappa shape index (κ2) is 9.51. The number of esters is 1. The van der Waals surface area contributed by atoms with Crippen molar-refractivity contribution in [3.63, 3.8) is 0 Å². The molecular formula is C24H17Br2N3O3S. The van der Waals surface area contributed by atoms with Gasteiger partial charge in [-0.25, -0.2) is 4.79 Å². The number of nitrogens with two attached hydrogens (primary N) is 1. The van der Waals surface area contributed by atoms with Crippen LogP contribution in [-0.4, -0.2) is 17.1 Å². The summed E-state index contributed by atoms with van der Waals surface area (Å²) < 4.78 is 9.00. The average molecular weight is 587 g/mol. The number of halogens is 2. The number of nitriles is 1. The molecule has 0 radical (unpaired) electrons. The molecule has 4 rings (SSSR count). The lowest BCUT2D eigenvalue weighted by atomic mass is 9.84. The summed E-state index contributed by atoms with van der Waals surface area (Å²) in [6.45, 7) is 1.86. The van der Waals surface area contributed by atoms with E-state index in [0.29, 0.717) is 14.8 Å². The van der Waals surface area contributed by atoms with Crippen LogP contribution in [0.1, 0.15) is 24.0 Å². The van der Waals surface area contributed by atoms with E-state index in [-0.39, 0.29) is 23.6 Å². The minimum absolute atomic E-state index is 0.0145. The molecule has 2 aromatic carbocycles. The number of aromatic nitrogens is 1. The van der Waals surface area contributed by atoms with Gasteiger partial charge in [0.1, 0.15) is 10.5 Å². The molecule has 0 spiro atoms. The van der Waals surface area contributed by atoms with Crippen molar-refractivity contribution in [3.8, 4) is 6.07 Å². The fraction of sp³-hybridized carbons (Fsp3) is 0.125. The number of nitrogens with zero attached hydrogens (tertiary/aromatic N) is 2. The summed E-state index contributed by atoms with van der Waals surface area (Å²) in [5.74, 6) is -1.34. The smallest absolute Gasteiger partial charge is 0.338 e. The first-order chi connectivity index (χ1) is 15.8. The predicted molar refractivity (Wildman–Crippen MR) is 135 cm³/mol. The highest BCUT2D eigenvalue weighted by molar-refractivity contribution is 9.10. The standard InChI is InChI=1S/C24H17Br2N3O3S/c1-2-32-24(31)20-19(14-6-4-8-16(26)11-14)17(12-27)21(28)29-22(30)18(33-23(20)29)10-13-5-3-7-15(25)9-13/h3-11,19H,2,28H2,1H3/b18-10+/t19-/m0/s1. The first-order valence-electron chi connectivity index (χ1n) is 9.91. The van der Waals surface area contributed by atoms with Crippen LogP contribution in [0.5, 0.6) is 0 Å². The molecule has 0 fully saturated rings. The number of ether oxygens (including phenoxy) is 1. The highest BCUT2D eigenvalue weighted by Gasteiger charge is 2.36. The SMILES string of the molecule is CCOC(=O)C1=c2s/c(=C/c3cccc(Br)c3)c(=O)n2C(N)=C(C#N)[C@@H]1c1cccc(Br)c1. The third-order valence-electron chi connectivity index (χ3n) is 5.09. The van der Waals surface area contributed by atoms with Crippen molar-refractivity contribution >= 4 is 66.6 Å². The first-order valence-corrected chi connectivity index (χ1v) is 12.3. The summed E-state index contributed by atoms with van der Waals surface area (Å²) in [4.78, 5) is 26.5. The van der Waals surface area contributed by atoms with Gasteiger partial charge >= 0.3 is 5.97 Å². The van der Waals surface area contributed by atoms with Crippen molar-refractivity contribution in [1.29, 1.82) is 5.26 Å². The second-order valence-corrected chi connectivity index (χ2v) is 10.0. The van der Waals surface area contributed by atoms with Crippen LogP contribution in [0.4, 0.5) is 0 Å². The molecular weight excluding hydrogens is 570 g/mol. The van der Waals surface area contributed by atoms with Crippen molar-refractivity contribution in [2.75, 3.05) is 6.61 Å². The molecule has 1 aliphatic rings. The Balaban J connectivity index is 2.10. The molecule has 9 heteroatoms. The molecule has 2 N–H and O–H groups in total. The molecule has 2 heterocycles. The first kappa shape index (κ1) is 23.2. The Labute approximate surface area is 210 Å². The van der Waals surface area contributed by atoms with Crippen LogP contribution in [0, 0.1) is 11.3 Å². The number of carbonyl (C=O) groups is 1. The molecule has 0 aliphatic carbocycles. The van der Waals surface area contributed by atoms with Crippen LogP contribution in [0.3, 0.4) is 0 Å². The summed E-state index contributed by atoms with van der Waals surface area (Å²) in [5.41, 5.74) is 7.81. The Morgan fingerprint density at radius 2 is 1.94 bits per heavy atom. The second-order valence-electron chi connectivity index (χ2n) is 7.14. The highest BCUT2D eigenvalue weighted by atomic mass is 79.9. The quantitative estimate of drug-likeness (QED) is 0.472. The van der Waals surface area contributed by atoms with Gasteiger partial charge in [-0.3, -0.25) is 9.36 Å². The summed E-state index contributed by atoms with van der Waals surface area (Å²) in [7, 11) is 0. The molecule has 0 saturated heterocycles. The monoisotopic (exact) mass is 585 g/mol. The Morgan fingerprint density at radius 3 is 2.58 bits per heavy atom. The van der Waals surface area contributed by atoms with E-state index < -0.39 is 17.4 Å². The van der Waals surface area contributed by atoms with E-state index in [2.05, 4.69) is 37.9 Å². The zero-order chi connectivity index (χ0) is 23.7. The van der Waals surface area contributed by atoms with Gasteiger partial charge in [-0.05, 0) is 48.4 Å². The van der Waals surface area contributed by atoms with Crippen molar-refractivity contribution < 1.29 is 9.53 Å². The van der Waals surface area contributed by atoms with Crippen molar-refractivity contribution in [2.24, 2.45) is 5.73 Å². The van der Waals surface area contributed by atoms with E-state index in [9.17, 15) is 14.9 Å². The number of hydrogen-bond donors (Lipinski definition) is 1. The zero-order valence-corrected chi connectivity index (χ0v) is 21.3. The van der Waals surface area contributed by atoms with Gasteiger partial charge in [0.05, 0.1) is 34.3 Å². The Bertz CT molecular complexity index is 1530. The summed E-state index contributed by atoms with van der Waals surface area (Å²) >= 11 is 8.03. The van der Waals surface area contributed by atoms with Gasteiger partial charge in [0, 0.05) is 8.95 Å². The molecule has 0 amide bonds. The number of benzene rings is 2. The molecule has 1 atom stereocenters. The average Bonchev–Trinajstić information content (AvgIpc) is 3.09. The molecule has 0 bridgehead atoms. The number of fused-ring (bicyclic) bond motifs is 1. The van der Waals surface area contributed by atoms with Crippen LogP contribution >= 0.6 is 43.2 Å². The van der Waals surface area contributed by atoms with Gasteiger partial charge in [0.2, 0.25) is 0 Å². The third-order valence-corrected chi connectivity index (χ3v) is 7.19. The van der Waals surface area contributed by atoms with E-state index >= 15 is 0 Å². The minimum atomic E-state index is -0.761. The lowest BCUT2D eigenvalue weighted by molar-refractivity contribution is -0.136. The van der Waals surface area contributed by atoms with Crippen molar-refractivity contribution in [1.82, 2.24) is 4.57 Å². The van der Waals surface area contributed by atoms with E-state index in [1.54, 1.807) is 13.0 Å². The van der Waals surface area contributed by atoms with Crippen LogP contribution in [-0.2, 0) is 9.53 Å². The summed E-state index contributed by atoms with van der Waals surface area (Å²) in [5, 5.41) is 9.99. The van der Waals surface area contributed by atoms with Gasteiger partial charge in [-0.15, -0.1) is 11.3 Å². The van der Waals surface area contributed by atoms with E-state index in [4.69, 9.17) is 10.5 Å². The zero-order valence-electron chi connectivity index (χ0n) is 17.3. The molecule has 0 saturated carbocycles. The van der Waals surface area contributed by atoms with Crippen LogP contribution in [0.2, 0.25) is 0 Å². The molecule has 6 nitrogen and oxygen atoms in total. The minimum Gasteiger partial charge on any atom is -0.463 e. The Kier molecular flexibility index (Phi) is 6.70. The lowest BCUT2D eigenvalue weighted by Gasteiger charge is -2.24. The maximum absolute atomic E-state index is 13.3. The number of thiazole rings is 1. The maximum atomic E-state index is 13.3. The van der Waals surface area contributed by atoms with E-state index in [0.717, 1.165) is 25.8 Å². The van der Waals surface area contributed by atoms with E-state index in [1.165, 1.54) is 4.57 Å². The molecule has 3 aromatic rings. The largest absolute Gasteiger partial charge is 0.463 e. The maximum Gasteiger partial charge on any atom is 0.338 e. The fourth-order valence-corrected chi connectivity index (χ4v) is 5.72. The van der Waals surface area contributed by atoms with Gasteiger partial charge in [0.25, 0.3) is 5.56 Å². The Hall–Kier alpha value is -2.93.